The Morgan fingerprint density at radius 2 is 2.03 bits per heavy atom. The van der Waals surface area contributed by atoms with Crippen LogP contribution in [0.5, 0.6) is 5.88 Å². The predicted octanol–water partition coefficient (Wildman–Crippen LogP) is 1.42. The van der Waals surface area contributed by atoms with Crippen molar-refractivity contribution in [1.29, 1.82) is 5.26 Å². The zero-order valence-electron chi connectivity index (χ0n) is 20.3. The maximum absolute atomic E-state index is 13.5. The third-order valence-corrected chi connectivity index (χ3v) is 7.13. The number of amides is 2. The van der Waals surface area contributed by atoms with Crippen LogP contribution in [0.3, 0.4) is 0 Å². The first kappa shape index (κ1) is 27.1. The summed E-state index contributed by atoms with van der Waals surface area (Å²) in [6, 6.07) is 4.00. The molecule has 4 rings (SSSR count). The molecular formula is C24H31F3N6O4. The number of hydrazine groups is 1. The van der Waals surface area contributed by atoms with E-state index >= 15 is 0 Å². The second kappa shape index (κ2) is 12.1. The molecule has 10 nitrogen and oxygen atoms in total. The van der Waals surface area contributed by atoms with E-state index in [0.29, 0.717) is 30.8 Å². The minimum absolute atomic E-state index is 0.00720. The molecule has 13 heteroatoms. The van der Waals surface area contributed by atoms with Gasteiger partial charge in [-0.3, -0.25) is 19.9 Å². The van der Waals surface area contributed by atoms with Crippen LogP contribution in [0.25, 0.3) is 0 Å². The number of ether oxygens (including phenoxy) is 2. The van der Waals surface area contributed by atoms with Gasteiger partial charge in [-0.25, -0.2) is 10.4 Å². The van der Waals surface area contributed by atoms with E-state index < -0.39 is 24.0 Å². The minimum atomic E-state index is -4.65. The lowest BCUT2D eigenvalue weighted by Gasteiger charge is -2.40. The molecule has 3 aliphatic rings. The summed E-state index contributed by atoms with van der Waals surface area (Å²) in [4.78, 5) is 30.1. The van der Waals surface area contributed by atoms with Gasteiger partial charge >= 0.3 is 6.18 Å². The Kier molecular flexibility index (Phi) is 8.83. The van der Waals surface area contributed by atoms with Crippen molar-refractivity contribution in [3.8, 4) is 11.9 Å². The van der Waals surface area contributed by atoms with Gasteiger partial charge in [-0.05, 0) is 51.1 Å². The molecule has 1 aromatic rings. The number of hydrogen-bond donors (Lipinski definition) is 3. The van der Waals surface area contributed by atoms with E-state index in [1.807, 2.05) is 6.07 Å². The molecule has 2 saturated heterocycles. The summed E-state index contributed by atoms with van der Waals surface area (Å²) in [5, 5.41) is 11.8. The highest BCUT2D eigenvalue weighted by atomic mass is 19.4. The number of alkyl halides is 3. The highest BCUT2D eigenvalue weighted by molar-refractivity contribution is 5.80. The Morgan fingerprint density at radius 1 is 1.24 bits per heavy atom. The quantitative estimate of drug-likeness (QED) is 0.466. The van der Waals surface area contributed by atoms with E-state index in [-0.39, 0.29) is 43.9 Å². The molecule has 2 unspecified atom stereocenters. The van der Waals surface area contributed by atoms with Gasteiger partial charge in [-0.1, -0.05) is 0 Å². The molecule has 3 N–H and O–H groups in total. The molecule has 1 aliphatic carbocycles. The molecule has 3 fully saturated rings. The van der Waals surface area contributed by atoms with E-state index in [9.17, 15) is 22.8 Å². The highest BCUT2D eigenvalue weighted by Gasteiger charge is 2.54. The summed E-state index contributed by atoms with van der Waals surface area (Å²) in [6.45, 7) is 0.368. The van der Waals surface area contributed by atoms with Gasteiger partial charge in [0.15, 0.2) is 5.92 Å². The van der Waals surface area contributed by atoms with Crippen LogP contribution >= 0.6 is 0 Å². The number of rotatable bonds is 8. The molecule has 0 radical (unpaired) electrons. The molecule has 37 heavy (non-hydrogen) atoms. The summed E-state index contributed by atoms with van der Waals surface area (Å²) in [5.74, 6) is -2.99. The summed E-state index contributed by atoms with van der Waals surface area (Å²) in [5.41, 5.74) is 5.10. The average molecular weight is 525 g/mol. The van der Waals surface area contributed by atoms with Gasteiger partial charge in [0.25, 0.3) is 0 Å². The second-order valence-electron chi connectivity index (χ2n) is 9.66. The number of carbonyl (C=O) groups is 2. The largest absolute Gasteiger partial charge is 0.474 e. The van der Waals surface area contributed by atoms with Crippen molar-refractivity contribution in [3.05, 3.63) is 23.9 Å². The van der Waals surface area contributed by atoms with Gasteiger partial charge in [-0.15, -0.1) is 0 Å². The van der Waals surface area contributed by atoms with Crippen molar-refractivity contribution in [2.45, 2.75) is 68.9 Å². The van der Waals surface area contributed by atoms with Gasteiger partial charge in [0.2, 0.25) is 17.7 Å². The van der Waals surface area contributed by atoms with Gasteiger partial charge < -0.3 is 14.8 Å². The Bertz CT molecular complexity index is 978. The van der Waals surface area contributed by atoms with Crippen LogP contribution in [0.1, 0.15) is 44.1 Å². The van der Waals surface area contributed by atoms with Crippen molar-refractivity contribution >= 4 is 11.8 Å². The summed E-state index contributed by atoms with van der Waals surface area (Å²) in [6.07, 6.45) is 1.10. The zero-order chi connectivity index (χ0) is 26.4. The lowest BCUT2D eigenvalue weighted by atomic mass is 9.93. The van der Waals surface area contributed by atoms with Crippen LogP contribution in [0, 0.1) is 17.2 Å². The Balaban J connectivity index is 1.17. The topological polar surface area (TPSA) is 129 Å². The fourth-order valence-corrected chi connectivity index (χ4v) is 5.33. The number of halogens is 3. The third kappa shape index (κ3) is 7.09. The maximum Gasteiger partial charge on any atom is 0.402 e. The second-order valence-corrected chi connectivity index (χ2v) is 9.66. The molecule has 0 bridgehead atoms. The van der Waals surface area contributed by atoms with Crippen molar-refractivity contribution in [2.24, 2.45) is 5.92 Å². The average Bonchev–Trinajstić information content (AvgIpc) is 3.33. The third-order valence-electron chi connectivity index (χ3n) is 7.13. The zero-order valence-corrected chi connectivity index (χ0v) is 20.3. The fourth-order valence-electron chi connectivity index (χ4n) is 5.33. The number of carbonyl (C=O) groups excluding carboxylic acids is 2. The molecule has 202 valence electrons. The lowest BCUT2D eigenvalue weighted by molar-refractivity contribution is -0.201. The van der Waals surface area contributed by atoms with E-state index in [0.717, 1.165) is 25.7 Å². The number of aromatic nitrogens is 1. The molecule has 3 heterocycles. The first-order chi connectivity index (χ1) is 17.7. The normalized spacial score (nSPS) is 28.8. The Labute approximate surface area is 212 Å². The highest BCUT2D eigenvalue weighted by Crippen LogP contribution is 2.35. The molecule has 1 saturated carbocycles. The maximum atomic E-state index is 13.5. The van der Waals surface area contributed by atoms with Crippen LogP contribution in [-0.4, -0.2) is 78.4 Å². The van der Waals surface area contributed by atoms with E-state index in [2.05, 4.69) is 21.2 Å². The number of hydrogen-bond acceptors (Lipinski definition) is 8. The smallest absolute Gasteiger partial charge is 0.402 e. The molecule has 0 spiro atoms. The van der Waals surface area contributed by atoms with Crippen molar-refractivity contribution in [3.63, 3.8) is 0 Å². The van der Waals surface area contributed by atoms with E-state index in [1.165, 1.54) is 6.20 Å². The number of likely N-dealkylation sites (tertiary alicyclic amines) is 1. The molecule has 0 aromatic carbocycles. The van der Waals surface area contributed by atoms with Crippen LogP contribution in [0.2, 0.25) is 0 Å². The summed E-state index contributed by atoms with van der Waals surface area (Å²) in [7, 11) is 0. The number of nitrogens with one attached hydrogen (secondary N) is 3. The first-order valence-corrected chi connectivity index (χ1v) is 12.5. The van der Waals surface area contributed by atoms with Crippen LogP contribution < -0.4 is 20.9 Å². The SMILES string of the molecule is N#Cc1ccc(OC2CCC(NC(=O)COC[C@@H]3CCCN3C3CNNC(=O)C3C(F)(F)F)CC2)nc1. The van der Waals surface area contributed by atoms with Crippen LogP contribution in [0.15, 0.2) is 18.3 Å². The lowest BCUT2D eigenvalue weighted by Crippen LogP contribution is -2.65. The first-order valence-electron chi connectivity index (χ1n) is 12.5. The number of nitrogens with zero attached hydrogens (tertiary/aromatic N) is 3. The minimum Gasteiger partial charge on any atom is -0.474 e. The Hall–Kier alpha value is -2.95. The molecular weight excluding hydrogens is 493 g/mol. The number of nitriles is 1. The Morgan fingerprint density at radius 3 is 2.70 bits per heavy atom. The predicted molar refractivity (Wildman–Crippen MR) is 124 cm³/mol. The molecule has 2 aliphatic heterocycles. The van der Waals surface area contributed by atoms with Crippen molar-refractivity contribution < 1.29 is 32.2 Å². The summed E-state index contributed by atoms with van der Waals surface area (Å²) < 4.78 is 52.1. The van der Waals surface area contributed by atoms with E-state index in [1.54, 1.807) is 17.0 Å². The fraction of sp³-hybridized carbons (Fsp3) is 0.667. The molecule has 2 amide bonds. The standard InChI is InChI=1S/C24H31F3N6O4/c25-24(26,27)22-19(12-30-32-23(22)35)33-9-1-2-17(33)13-36-14-20(34)31-16-4-6-18(7-5-16)37-21-8-3-15(10-28)11-29-21/h3,8,11,16-19,22,30H,1-2,4-7,9,12-14H2,(H,31,34)(H,32,35)/t16?,17-,18?,19?,22?/m0/s1. The summed E-state index contributed by atoms with van der Waals surface area (Å²) >= 11 is 0. The van der Waals surface area contributed by atoms with Crippen LogP contribution in [0.4, 0.5) is 13.2 Å². The number of pyridine rings is 1. The monoisotopic (exact) mass is 524 g/mol. The van der Waals surface area contributed by atoms with Crippen LogP contribution in [-0.2, 0) is 14.3 Å². The van der Waals surface area contributed by atoms with E-state index in [4.69, 9.17) is 14.7 Å². The van der Waals surface area contributed by atoms with Gasteiger partial charge in [0.1, 0.15) is 18.8 Å². The van der Waals surface area contributed by atoms with Gasteiger partial charge in [-0.2, -0.15) is 18.4 Å². The van der Waals surface area contributed by atoms with Gasteiger partial charge in [0, 0.05) is 36.9 Å². The van der Waals surface area contributed by atoms with Gasteiger partial charge in [0.05, 0.1) is 12.2 Å². The van der Waals surface area contributed by atoms with Crippen molar-refractivity contribution in [1.82, 2.24) is 26.1 Å². The van der Waals surface area contributed by atoms with Crippen molar-refractivity contribution in [2.75, 3.05) is 26.3 Å². The molecule has 3 atom stereocenters. The molecule has 1 aromatic heterocycles.